The van der Waals surface area contributed by atoms with Crippen LogP contribution >= 0.6 is 0 Å². The molecule has 0 bridgehead atoms. The van der Waals surface area contributed by atoms with Gasteiger partial charge in [-0.1, -0.05) is 17.7 Å². The molecule has 20 heavy (non-hydrogen) atoms. The van der Waals surface area contributed by atoms with Crippen LogP contribution in [-0.4, -0.2) is 17.5 Å². The van der Waals surface area contributed by atoms with Gasteiger partial charge in [-0.25, -0.2) is 12.4 Å². The molecule has 0 saturated carbocycles. The number of benzene rings is 2. The van der Waals surface area contributed by atoms with Gasteiger partial charge in [-0.15, -0.1) is 0 Å². The lowest BCUT2D eigenvalue weighted by Crippen LogP contribution is -2.11. The molecule has 0 fully saturated rings. The Kier molecular flexibility index (Phi) is 2.79. The third kappa shape index (κ3) is 1.96. The van der Waals surface area contributed by atoms with E-state index in [0.717, 1.165) is 10.9 Å². The molecule has 3 rings (SSSR count). The first-order valence-electron chi connectivity index (χ1n) is 6.11. The zero-order chi connectivity index (χ0) is 14.3. The topological polar surface area (TPSA) is 59.3 Å². The highest BCUT2D eigenvalue weighted by molar-refractivity contribution is 7.90. The number of hydrogen-bond acceptors (Lipinski definition) is 3. The van der Waals surface area contributed by atoms with Crippen LogP contribution < -0.4 is 0 Å². The minimum absolute atomic E-state index is 0.0385. The van der Waals surface area contributed by atoms with Crippen molar-refractivity contribution in [2.75, 3.05) is 0 Å². The largest absolute Gasteiger partial charge is 0.508 e. The first-order chi connectivity index (χ1) is 9.48. The lowest BCUT2D eigenvalue weighted by molar-refractivity contribution is 0.476. The van der Waals surface area contributed by atoms with Crippen molar-refractivity contribution in [1.29, 1.82) is 0 Å². The van der Waals surface area contributed by atoms with Crippen LogP contribution in [0.3, 0.4) is 0 Å². The van der Waals surface area contributed by atoms with E-state index in [0.29, 0.717) is 5.52 Å². The van der Waals surface area contributed by atoms with Crippen LogP contribution in [0.4, 0.5) is 0 Å². The molecule has 1 heterocycles. The highest BCUT2D eigenvalue weighted by Crippen LogP contribution is 2.25. The second-order valence-corrected chi connectivity index (χ2v) is 6.49. The summed E-state index contributed by atoms with van der Waals surface area (Å²) in [5.41, 5.74) is 1.46. The Bertz CT molecular complexity index is 877. The fraction of sp³-hybridized carbons (Fsp3) is 0.0667. The molecular weight excluding hydrogens is 274 g/mol. The first-order valence-corrected chi connectivity index (χ1v) is 7.55. The highest BCUT2D eigenvalue weighted by atomic mass is 32.2. The molecule has 2 aromatic carbocycles. The number of rotatable bonds is 2. The number of aromatic hydroxyl groups is 1. The number of hydrogen-bond donors (Lipinski definition) is 1. The minimum Gasteiger partial charge on any atom is -0.508 e. The van der Waals surface area contributed by atoms with Crippen LogP contribution in [0.5, 0.6) is 5.75 Å². The Morgan fingerprint density at radius 2 is 1.70 bits per heavy atom. The van der Waals surface area contributed by atoms with E-state index in [1.807, 2.05) is 6.92 Å². The third-order valence-electron chi connectivity index (χ3n) is 3.22. The quantitative estimate of drug-likeness (QED) is 0.788. The molecule has 0 aliphatic rings. The van der Waals surface area contributed by atoms with E-state index >= 15 is 0 Å². The molecular formula is C15H13NO3S. The van der Waals surface area contributed by atoms with Gasteiger partial charge in [0.05, 0.1) is 10.4 Å². The molecule has 0 aliphatic heterocycles. The Hall–Kier alpha value is -2.27. The summed E-state index contributed by atoms with van der Waals surface area (Å²) in [5.74, 6) is 0.0385. The summed E-state index contributed by atoms with van der Waals surface area (Å²) in [6, 6.07) is 13.1. The fourth-order valence-electron chi connectivity index (χ4n) is 2.13. The van der Waals surface area contributed by atoms with Gasteiger partial charge in [-0.2, -0.15) is 0 Å². The molecule has 0 saturated heterocycles. The molecule has 0 amide bonds. The van der Waals surface area contributed by atoms with Crippen LogP contribution in [0.25, 0.3) is 10.9 Å². The van der Waals surface area contributed by atoms with Crippen molar-refractivity contribution in [2.24, 2.45) is 0 Å². The fourth-order valence-corrected chi connectivity index (χ4v) is 3.47. The lowest BCUT2D eigenvalue weighted by Gasteiger charge is -2.08. The van der Waals surface area contributed by atoms with Crippen molar-refractivity contribution in [1.82, 2.24) is 3.97 Å². The van der Waals surface area contributed by atoms with Crippen LogP contribution in [-0.2, 0) is 10.0 Å². The van der Waals surface area contributed by atoms with Gasteiger partial charge in [0.1, 0.15) is 5.75 Å². The predicted octanol–water partition coefficient (Wildman–Crippen LogP) is 2.89. The van der Waals surface area contributed by atoms with Crippen molar-refractivity contribution in [3.63, 3.8) is 0 Å². The van der Waals surface area contributed by atoms with E-state index in [4.69, 9.17) is 0 Å². The van der Waals surface area contributed by atoms with Crippen molar-refractivity contribution < 1.29 is 13.5 Å². The van der Waals surface area contributed by atoms with Crippen LogP contribution in [0.15, 0.2) is 59.6 Å². The average Bonchev–Trinajstić information content (AvgIpc) is 2.82. The lowest BCUT2D eigenvalue weighted by atomic mass is 10.2. The molecule has 1 N–H and O–H groups in total. The molecule has 4 nitrogen and oxygen atoms in total. The standard InChI is InChI=1S/C15H13NO3S/c1-11-2-6-14(7-3-11)20(18,19)16-9-8-12-4-5-13(17)10-15(12)16/h2-10,17H,1H3. The molecule has 0 unspecified atom stereocenters. The summed E-state index contributed by atoms with van der Waals surface area (Å²) in [6.45, 7) is 1.90. The Morgan fingerprint density at radius 3 is 2.40 bits per heavy atom. The molecule has 5 heteroatoms. The third-order valence-corrected chi connectivity index (χ3v) is 4.92. The average molecular weight is 287 g/mol. The van der Waals surface area contributed by atoms with E-state index in [1.54, 1.807) is 36.4 Å². The molecule has 1 aromatic heterocycles. The van der Waals surface area contributed by atoms with Crippen LogP contribution in [0.1, 0.15) is 5.56 Å². The number of fused-ring (bicyclic) bond motifs is 1. The number of aryl methyl sites for hydroxylation is 1. The minimum atomic E-state index is -3.65. The summed E-state index contributed by atoms with van der Waals surface area (Å²) in [4.78, 5) is 0.226. The Balaban J connectivity index is 2.23. The Morgan fingerprint density at radius 1 is 1.00 bits per heavy atom. The number of aromatic nitrogens is 1. The summed E-state index contributed by atoms with van der Waals surface area (Å²) in [5, 5.41) is 10.3. The maximum Gasteiger partial charge on any atom is 0.268 e. The normalized spacial score (nSPS) is 11.8. The van der Waals surface area contributed by atoms with Gasteiger partial charge in [0.25, 0.3) is 10.0 Å². The van der Waals surface area contributed by atoms with Crippen molar-refractivity contribution >= 4 is 20.9 Å². The van der Waals surface area contributed by atoms with Gasteiger partial charge >= 0.3 is 0 Å². The van der Waals surface area contributed by atoms with Crippen molar-refractivity contribution in [2.45, 2.75) is 11.8 Å². The first kappa shape index (κ1) is 12.7. The Labute approximate surface area is 117 Å². The predicted molar refractivity (Wildman–Crippen MR) is 77.4 cm³/mol. The summed E-state index contributed by atoms with van der Waals surface area (Å²) in [6.07, 6.45) is 1.50. The second-order valence-electron chi connectivity index (χ2n) is 4.67. The molecule has 0 radical (unpaired) electrons. The van der Waals surface area contributed by atoms with Gasteiger partial charge in [0.15, 0.2) is 0 Å². The summed E-state index contributed by atoms with van der Waals surface area (Å²) < 4.78 is 26.4. The molecule has 0 aliphatic carbocycles. The summed E-state index contributed by atoms with van der Waals surface area (Å²) >= 11 is 0. The number of phenolic OH excluding ortho intramolecular Hbond substituents is 1. The van der Waals surface area contributed by atoms with Gasteiger partial charge in [0, 0.05) is 17.6 Å². The van der Waals surface area contributed by atoms with Gasteiger partial charge < -0.3 is 5.11 Å². The monoisotopic (exact) mass is 287 g/mol. The van der Waals surface area contributed by atoms with E-state index in [9.17, 15) is 13.5 Å². The molecule has 102 valence electrons. The van der Waals surface area contributed by atoms with Crippen LogP contribution in [0, 0.1) is 6.92 Å². The zero-order valence-electron chi connectivity index (χ0n) is 10.8. The van der Waals surface area contributed by atoms with Crippen molar-refractivity contribution in [3.8, 4) is 5.75 Å². The maximum absolute atomic E-state index is 12.6. The van der Waals surface area contributed by atoms with Gasteiger partial charge in [0.2, 0.25) is 0 Å². The van der Waals surface area contributed by atoms with E-state index in [-0.39, 0.29) is 10.6 Å². The number of phenols is 1. The maximum atomic E-state index is 12.6. The zero-order valence-corrected chi connectivity index (χ0v) is 11.6. The van der Waals surface area contributed by atoms with E-state index < -0.39 is 10.0 Å². The van der Waals surface area contributed by atoms with Gasteiger partial charge in [-0.05, 0) is 37.3 Å². The SMILES string of the molecule is Cc1ccc(S(=O)(=O)n2ccc3ccc(O)cc32)cc1. The molecule has 0 spiro atoms. The second kappa shape index (κ2) is 4.38. The molecule has 0 atom stereocenters. The number of nitrogens with zero attached hydrogens (tertiary/aromatic N) is 1. The smallest absolute Gasteiger partial charge is 0.268 e. The highest BCUT2D eigenvalue weighted by Gasteiger charge is 2.18. The van der Waals surface area contributed by atoms with E-state index in [1.165, 1.54) is 22.3 Å². The van der Waals surface area contributed by atoms with Crippen LogP contribution in [0.2, 0.25) is 0 Å². The van der Waals surface area contributed by atoms with E-state index in [2.05, 4.69) is 0 Å². The van der Waals surface area contributed by atoms with Crippen molar-refractivity contribution in [3.05, 3.63) is 60.3 Å². The molecule has 3 aromatic rings. The summed E-state index contributed by atoms with van der Waals surface area (Å²) in [7, 11) is -3.65. The van der Waals surface area contributed by atoms with Gasteiger partial charge in [-0.3, -0.25) is 0 Å².